The standard InChI is InChI=1S/C15H14ClN5/c1-18-14(15(16)21-7-6-19-13(21)8-17)11-9-20-12-5-3-2-4-10(11)12/h2-7,9,20H,1,8,17H2/b15-14-. The molecule has 3 rings (SSSR count). The average molecular weight is 300 g/mol. The highest BCUT2D eigenvalue weighted by molar-refractivity contribution is 6.49. The number of hydrogen-bond donors (Lipinski definition) is 2. The fourth-order valence-electron chi connectivity index (χ4n) is 2.31. The number of aromatic amines is 1. The Labute approximate surface area is 126 Å². The summed E-state index contributed by atoms with van der Waals surface area (Å²) < 4.78 is 1.72. The monoisotopic (exact) mass is 299 g/mol. The molecule has 0 saturated carbocycles. The van der Waals surface area contributed by atoms with Crippen LogP contribution in [0.15, 0.2) is 47.8 Å². The molecule has 3 aromatic rings. The first kappa shape index (κ1) is 13.6. The predicted octanol–water partition coefficient (Wildman–Crippen LogP) is 3.05. The van der Waals surface area contributed by atoms with E-state index >= 15 is 0 Å². The first-order valence-corrected chi connectivity index (χ1v) is 6.79. The second kappa shape index (κ2) is 5.55. The quantitative estimate of drug-likeness (QED) is 0.727. The average Bonchev–Trinajstić information content (AvgIpc) is 3.14. The van der Waals surface area contributed by atoms with Gasteiger partial charge in [0.1, 0.15) is 16.7 Å². The smallest absolute Gasteiger partial charge is 0.141 e. The zero-order chi connectivity index (χ0) is 14.8. The second-order valence-corrected chi connectivity index (χ2v) is 4.82. The maximum absolute atomic E-state index is 6.49. The molecule has 0 radical (unpaired) electrons. The molecule has 2 heterocycles. The molecule has 2 aromatic heterocycles. The van der Waals surface area contributed by atoms with Crippen molar-refractivity contribution in [3.8, 4) is 0 Å². The van der Waals surface area contributed by atoms with Gasteiger partial charge >= 0.3 is 0 Å². The molecule has 0 amide bonds. The lowest BCUT2D eigenvalue weighted by atomic mass is 10.1. The van der Waals surface area contributed by atoms with Crippen molar-refractivity contribution in [3.63, 3.8) is 0 Å². The summed E-state index contributed by atoms with van der Waals surface area (Å²) >= 11 is 6.49. The third kappa shape index (κ3) is 2.26. The minimum absolute atomic E-state index is 0.293. The van der Waals surface area contributed by atoms with Crippen LogP contribution < -0.4 is 5.73 Å². The molecular weight excluding hydrogens is 286 g/mol. The van der Waals surface area contributed by atoms with E-state index < -0.39 is 0 Å². The summed E-state index contributed by atoms with van der Waals surface area (Å²) in [5.74, 6) is 0.668. The minimum Gasteiger partial charge on any atom is -0.360 e. The SMILES string of the molecule is C=N/C(=C(/Cl)n1ccnc1CN)c1c[nH]c2ccccc12. The highest BCUT2D eigenvalue weighted by Crippen LogP contribution is 2.31. The summed E-state index contributed by atoms with van der Waals surface area (Å²) in [6.07, 6.45) is 5.28. The third-order valence-corrected chi connectivity index (χ3v) is 3.67. The van der Waals surface area contributed by atoms with Gasteiger partial charge in [0.2, 0.25) is 0 Å². The van der Waals surface area contributed by atoms with Crippen LogP contribution >= 0.6 is 11.6 Å². The van der Waals surface area contributed by atoms with Gasteiger partial charge < -0.3 is 10.7 Å². The Hall–Kier alpha value is -2.37. The van der Waals surface area contributed by atoms with Crippen molar-refractivity contribution in [2.24, 2.45) is 10.7 Å². The van der Waals surface area contributed by atoms with E-state index in [0.717, 1.165) is 16.5 Å². The van der Waals surface area contributed by atoms with Crippen molar-refractivity contribution in [1.82, 2.24) is 14.5 Å². The largest absolute Gasteiger partial charge is 0.360 e. The number of hydrogen-bond acceptors (Lipinski definition) is 3. The highest BCUT2D eigenvalue weighted by Gasteiger charge is 2.14. The Morgan fingerprint density at radius 2 is 2.24 bits per heavy atom. The van der Waals surface area contributed by atoms with Crippen LogP contribution in [0.3, 0.4) is 0 Å². The molecule has 21 heavy (non-hydrogen) atoms. The zero-order valence-corrected chi connectivity index (χ0v) is 12.0. The van der Waals surface area contributed by atoms with Gasteiger partial charge in [-0.15, -0.1) is 0 Å². The maximum Gasteiger partial charge on any atom is 0.141 e. The van der Waals surface area contributed by atoms with Crippen molar-refractivity contribution in [3.05, 3.63) is 54.2 Å². The summed E-state index contributed by atoms with van der Waals surface area (Å²) in [6, 6.07) is 7.94. The first-order chi connectivity index (χ1) is 10.3. The van der Waals surface area contributed by atoms with E-state index in [1.807, 2.05) is 30.5 Å². The van der Waals surface area contributed by atoms with Crippen molar-refractivity contribution in [1.29, 1.82) is 0 Å². The predicted molar refractivity (Wildman–Crippen MR) is 86.9 cm³/mol. The van der Waals surface area contributed by atoms with Crippen LogP contribution in [0.1, 0.15) is 11.4 Å². The lowest BCUT2D eigenvalue weighted by Crippen LogP contribution is -2.06. The third-order valence-electron chi connectivity index (χ3n) is 3.31. The summed E-state index contributed by atoms with van der Waals surface area (Å²) in [7, 11) is 0. The molecule has 5 nitrogen and oxygen atoms in total. The Morgan fingerprint density at radius 3 is 3.00 bits per heavy atom. The van der Waals surface area contributed by atoms with Crippen LogP contribution in [0.5, 0.6) is 0 Å². The molecule has 0 atom stereocenters. The lowest BCUT2D eigenvalue weighted by Gasteiger charge is -2.08. The van der Waals surface area contributed by atoms with Crippen LogP contribution in [0, 0.1) is 0 Å². The molecule has 0 aliphatic heterocycles. The first-order valence-electron chi connectivity index (χ1n) is 6.42. The molecule has 106 valence electrons. The molecule has 6 heteroatoms. The van der Waals surface area contributed by atoms with E-state index in [4.69, 9.17) is 17.3 Å². The number of H-pyrrole nitrogens is 1. The molecule has 1 aromatic carbocycles. The summed E-state index contributed by atoms with van der Waals surface area (Å²) in [5.41, 5.74) is 8.16. The molecule has 0 saturated heterocycles. The maximum atomic E-state index is 6.49. The van der Waals surface area contributed by atoms with Crippen molar-refractivity contribution in [2.45, 2.75) is 6.54 Å². The molecule has 3 N–H and O–H groups in total. The van der Waals surface area contributed by atoms with Crippen LogP contribution in [-0.2, 0) is 6.54 Å². The Bertz CT molecular complexity index is 827. The van der Waals surface area contributed by atoms with E-state index in [-0.39, 0.29) is 0 Å². The lowest BCUT2D eigenvalue weighted by molar-refractivity contribution is 0.889. The van der Waals surface area contributed by atoms with Crippen molar-refractivity contribution in [2.75, 3.05) is 0 Å². The normalized spacial score (nSPS) is 12.5. The molecule has 0 bridgehead atoms. The minimum atomic E-state index is 0.293. The van der Waals surface area contributed by atoms with Gasteiger partial charge in [-0.05, 0) is 12.8 Å². The summed E-state index contributed by atoms with van der Waals surface area (Å²) in [5, 5.41) is 1.46. The van der Waals surface area contributed by atoms with Crippen LogP contribution in [0.4, 0.5) is 0 Å². The highest BCUT2D eigenvalue weighted by atomic mass is 35.5. The van der Waals surface area contributed by atoms with E-state index in [0.29, 0.717) is 23.2 Å². The Morgan fingerprint density at radius 1 is 1.43 bits per heavy atom. The number of nitrogens with one attached hydrogen (secondary N) is 1. The second-order valence-electron chi connectivity index (χ2n) is 4.46. The van der Waals surface area contributed by atoms with E-state index in [9.17, 15) is 0 Å². The molecular formula is C15H14ClN5. The van der Waals surface area contributed by atoms with Crippen molar-refractivity contribution >= 4 is 40.1 Å². The van der Waals surface area contributed by atoms with Gasteiger partial charge in [0, 0.05) is 35.1 Å². The number of nitrogens with two attached hydrogens (primary N) is 1. The number of aliphatic imine (C=N–C) groups is 1. The Balaban J connectivity index is 2.22. The molecule has 0 aliphatic carbocycles. The molecule has 0 aliphatic rings. The zero-order valence-electron chi connectivity index (χ0n) is 11.3. The fourth-order valence-corrected chi connectivity index (χ4v) is 2.62. The number of halogens is 1. The van der Waals surface area contributed by atoms with Gasteiger partial charge in [0.15, 0.2) is 0 Å². The number of fused-ring (bicyclic) bond motifs is 1. The molecule has 0 fully saturated rings. The van der Waals surface area contributed by atoms with Gasteiger partial charge in [-0.2, -0.15) is 0 Å². The van der Waals surface area contributed by atoms with Crippen LogP contribution in [0.2, 0.25) is 0 Å². The van der Waals surface area contributed by atoms with Gasteiger partial charge in [0.25, 0.3) is 0 Å². The van der Waals surface area contributed by atoms with E-state index in [1.165, 1.54) is 0 Å². The number of imidazole rings is 1. The van der Waals surface area contributed by atoms with Gasteiger partial charge in [-0.1, -0.05) is 29.8 Å². The van der Waals surface area contributed by atoms with Crippen molar-refractivity contribution < 1.29 is 0 Å². The molecule has 0 spiro atoms. The number of para-hydroxylation sites is 1. The Kier molecular flexibility index (Phi) is 3.60. The number of nitrogens with zero attached hydrogens (tertiary/aromatic N) is 3. The topological polar surface area (TPSA) is 72.0 Å². The number of rotatable bonds is 4. The van der Waals surface area contributed by atoms with Crippen LogP contribution in [0.25, 0.3) is 21.8 Å². The number of aromatic nitrogens is 3. The van der Waals surface area contributed by atoms with Gasteiger partial charge in [-0.3, -0.25) is 9.56 Å². The van der Waals surface area contributed by atoms with E-state index in [2.05, 4.69) is 21.7 Å². The summed E-state index contributed by atoms with van der Waals surface area (Å²) in [6.45, 7) is 3.93. The fraction of sp³-hybridized carbons (Fsp3) is 0.0667. The van der Waals surface area contributed by atoms with Crippen LogP contribution in [-0.4, -0.2) is 21.3 Å². The molecule has 0 unspecified atom stereocenters. The van der Waals surface area contributed by atoms with E-state index in [1.54, 1.807) is 17.0 Å². The van der Waals surface area contributed by atoms with Gasteiger partial charge in [0.05, 0.1) is 6.54 Å². The summed E-state index contributed by atoms with van der Waals surface area (Å²) in [4.78, 5) is 11.5. The van der Waals surface area contributed by atoms with Gasteiger partial charge in [-0.25, -0.2) is 4.98 Å². The number of benzene rings is 1.